The van der Waals surface area contributed by atoms with Crippen LogP contribution in [0.3, 0.4) is 0 Å². The minimum absolute atomic E-state index is 0.208. The standard InChI is InChI=1S/C29H26N4O3/c1-35-25-14-13-20(17-26(25)36-2)15-16-30-29(34)23-19-31-27-18-24(21-9-5-3-6-10-21)32-33(27)28(23)22-11-7-4-8-12-22/h3-14,17-19H,15-16H2,1-2H3,(H,30,34). The average molecular weight is 479 g/mol. The lowest BCUT2D eigenvalue weighted by Gasteiger charge is -2.13. The van der Waals surface area contributed by atoms with E-state index in [1.807, 2.05) is 84.9 Å². The van der Waals surface area contributed by atoms with Crippen LogP contribution >= 0.6 is 0 Å². The van der Waals surface area contributed by atoms with Gasteiger partial charge in [-0.05, 0) is 24.1 Å². The summed E-state index contributed by atoms with van der Waals surface area (Å²) in [6.45, 7) is 0.453. The second-order valence-electron chi connectivity index (χ2n) is 8.25. The Hall–Kier alpha value is -4.65. The van der Waals surface area contributed by atoms with Crippen molar-refractivity contribution >= 4 is 11.6 Å². The van der Waals surface area contributed by atoms with Gasteiger partial charge in [0.15, 0.2) is 17.1 Å². The van der Waals surface area contributed by atoms with E-state index in [1.54, 1.807) is 24.9 Å². The van der Waals surface area contributed by atoms with E-state index in [9.17, 15) is 4.79 Å². The Morgan fingerprint density at radius 3 is 2.25 bits per heavy atom. The monoisotopic (exact) mass is 478 g/mol. The Bertz CT molecular complexity index is 1500. The molecule has 7 nitrogen and oxygen atoms in total. The fraction of sp³-hybridized carbons (Fsp3) is 0.138. The predicted octanol–water partition coefficient (Wildman–Crippen LogP) is 5.05. The van der Waals surface area contributed by atoms with E-state index in [1.165, 1.54) is 0 Å². The molecular formula is C29H26N4O3. The van der Waals surface area contributed by atoms with E-state index in [4.69, 9.17) is 14.6 Å². The van der Waals surface area contributed by atoms with E-state index in [0.717, 1.165) is 22.4 Å². The third-order valence-electron chi connectivity index (χ3n) is 5.99. The molecule has 0 aliphatic heterocycles. The molecule has 0 atom stereocenters. The molecule has 0 aliphatic rings. The number of carbonyl (C=O) groups excluding carboxylic acids is 1. The van der Waals surface area contributed by atoms with Crippen LogP contribution in [-0.2, 0) is 6.42 Å². The van der Waals surface area contributed by atoms with Crippen molar-refractivity contribution in [3.8, 4) is 34.0 Å². The summed E-state index contributed by atoms with van der Waals surface area (Å²) in [6, 6.07) is 27.4. The first kappa shape index (κ1) is 23.1. The molecule has 36 heavy (non-hydrogen) atoms. The number of fused-ring (bicyclic) bond motifs is 1. The number of ether oxygens (including phenoxy) is 2. The van der Waals surface area contributed by atoms with Gasteiger partial charge < -0.3 is 14.8 Å². The summed E-state index contributed by atoms with van der Waals surface area (Å²) in [5, 5.41) is 7.85. The largest absolute Gasteiger partial charge is 0.493 e. The molecule has 5 rings (SSSR count). The van der Waals surface area contributed by atoms with Crippen molar-refractivity contribution in [3.05, 3.63) is 102 Å². The molecule has 0 fully saturated rings. The second-order valence-corrected chi connectivity index (χ2v) is 8.25. The number of benzene rings is 3. The van der Waals surface area contributed by atoms with E-state index in [2.05, 4.69) is 10.3 Å². The number of hydrogen-bond donors (Lipinski definition) is 1. The van der Waals surface area contributed by atoms with Crippen LogP contribution in [0.25, 0.3) is 28.2 Å². The van der Waals surface area contributed by atoms with Gasteiger partial charge in [0.25, 0.3) is 5.91 Å². The minimum atomic E-state index is -0.208. The van der Waals surface area contributed by atoms with Gasteiger partial charge >= 0.3 is 0 Å². The maximum Gasteiger partial charge on any atom is 0.255 e. The fourth-order valence-electron chi connectivity index (χ4n) is 4.18. The number of aromatic nitrogens is 3. The highest BCUT2D eigenvalue weighted by molar-refractivity contribution is 6.00. The summed E-state index contributed by atoms with van der Waals surface area (Å²) >= 11 is 0. The fourth-order valence-corrected chi connectivity index (χ4v) is 4.18. The maximum atomic E-state index is 13.3. The highest BCUT2D eigenvalue weighted by Crippen LogP contribution is 2.28. The van der Waals surface area contributed by atoms with Gasteiger partial charge in [0.1, 0.15) is 0 Å². The summed E-state index contributed by atoms with van der Waals surface area (Å²) in [5.41, 5.74) is 5.54. The van der Waals surface area contributed by atoms with Gasteiger partial charge in [-0.15, -0.1) is 0 Å². The lowest BCUT2D eigenvalue weighted by molar-refractivity contribution is 0.0954. The first-order valence-electron chi connectivity index (χ1n) is 11.7. The van der Waals surface area contributed by atoms with Crippen molar-refractivity contribution in [2.75, 3.05) is 20.8 Å². The molecule has 2 aromatic heterocycles. The lowest BCUT2D eigenvalue weighted by atomic mass is 10.1. The lowest BCUT2D eigenvalue weighted by Crippen LogP contribution is -2.27. The summed E-state index contributed by atoms with van der Waals surface area (Å²) in [4.78, 5) is 17.9. The topological polar surface area (TPSA) is 77.8 Å². The van der Waals surface area contributed by atoms with Crippen LogP contribution in [-0.4, -0.2) is 41.3 Å². The molecule has 0 unspecified atom stereocenters. The molecule has 0 radical (unpaired) electrons. The Labute approximate surface area is 209 Å². The number of hydrogen-bond acceptors (Lipinski definition) is 5. The molecule has 1 N–H and O–H groups in total. The number of rotatable bonds is 8. The van der Waals surface area contributed by atoms with E-state index in [0.29, 0.717) is 41.4 Å². The predicted molar refractivity (Wildman–Crippen MR) is 139 cm³/mol. The van der Waals surface area contributed by atoms with Crippen molar-refractivity contribution in [2.45, 2.75) is 6.42 Å². The molecule has 0 saturated carbocycles. The second kappa shape index (κ2) is 10.3. The summed E-state index contributed by atoms with van der Waals surface area (Å²) in [7, 11) is 3.21. The number of nitrogens with one attached hydrogen (secondary N) is 1. The molecule has 0 spiro atoms. The third kappa shape index (κ3) is 4.63. The van der Waals surface area contributed by atoms with E-state index >= 15 is 0 Å². The first-order valence-corrected chi connectivity index (χ1v) is 11.7. The molecular weight excluding hydrogens is 452 g/mol. The summed E-state index contributed by atoms with van der Waals surface area (Å²) in [6.07, 6.45) is 2.27. The van der Waals surface area contributed by atoms with Crippen LogP contribution in [0.1, 0.15) is 15.9 Å². The minimum Gasteiger partial charge on any atom is -0.493 e. The third-order valence-corrected chi connectivity index (χ3v) is 5.99. The molecule has 7 heteroatoms. The summed E-state index contributed by atoms with van der Waals surface area (Å²) in [5.74, 6) is 1.13. The van der Waals surface area contributed by atoms with Gasteiger partial charge in [0.05, 0.1) is 31.2 Å². The SMILES string of the molecule is COc1ccc(CCNC(=O)c2cnc3cc(-c4ccccc4)nn3c2-c2ccccc2)cc1OC. The molecule has 1 amide bonds. The summed E-state index contributed by atoms with van der Waals surface area (Å²) < 4.78 is 12.4. The molecule has 2 heterocycles. The van der Waals surface area contributed by atoms with Crippen LogP contribution in [0, 0.1) is 0 Å². The molecule has 0 saturated heterocycles. The number of methoxy groups -OCH3 is 2. The van der Waals surface area contributed by atoms with Gasteiger partial charge in [0, 0.05) is 29.9 Å². The molecule has 5 aromatic rings. The number of amides is 1. The molecule has 3 aromatic carbocycles. The van der Waals surface area contributed by atoms with Gasteiger partial charge in [-0.3, -0.25) is 4.79 Å². The number of carbonyl (C=O) groups is 1. The van der Waals surface area contributed by atoms with Crippen molar-refractivity contribution in [1.29, 1.82) is 0 Å². The molecule has 0 aliphatic carbocycles. The first-order chi connectivity index (χ1) is 17.7. The number of nitrogens with zero attached hydrogens (tertiary/aromatic N) is 3. The zero-order valence-corrected chi connectivity index (χ0v) is 20.1. The van der Waals surface area contributed by atoms with Crippen LogP contribution in [0.2, 0.25) is 0 Å². The van der Waals surface area contributed by atoms with Crippen molar-refractivity contribution in [3.63, 3.8) is 0 Å². The van der Waals surface area contributed by atoms with Gasteiger partial charge in [0.2, 0.25) is 0 Å². The van der Waals surface area contributed by atoms with Crippen LogP contribution in [0.5, 0.6) is 11.5 Å². The van der Waals surface area contributed by atoms with Crippen molar-refractivity contribution in [1.82, 2.24) is 19.9 Å². The average Bonchev–Trinajstić information content (AvgIpc) is 3.38. The Balaban J connectivity index is 1.44. The Kier molecular flexibility index (Phi) is 6.62. The molecule has 180 valence electrons. The zero-order valence-electron chi connectivity index (χ0n) is 20.1. The zero-order chi connectivity index (χ0) is 24.9. The van der Waals surface area contributed by atoms with E-state index < -0.39 is 0 Å². The Morgan fingerprint density at radius 2 is 1.56 bits per heavy atom. The van der Waals surface area contributed by atoms with Crippen LogP contribution in [0.4, 0.5) is 0 Å². The van der Waals surface area contributed by atoms with Crippen molar-refractivity contribution in [2.24, 2.45) is 0 Å². The normalized spacial score (nSPS) is 10.8. The highest BCUT2D eigenvalue weighted by Gasteiger charge is 2.19. The van der Waals surface area contributed by atoms with Crippen molar-refractivity contribution < 1.29 is 14.3 Å². The maximum absolute atomic E-state index is 13.3. The van der Waals surface area contributed by atoms with E-state index in [-0.39, 0.29) is 5.91 Å². The molecule has 0 bridgehead atoms. The van der Waals surface area contributed by atoms with Gasteiger partial charge in [-0.1, -0.05) is 66.7 Å². The van der Waals surface area contributed by atoms with Crippen LogP contribution < -0.4 is 14.8 Å². The highest BCUT2D eigenvalue weighted by atomic mass is 16.5. The van der Waals surface area contributed by atoms with Gasteiger partial charge in [-0.25, -0.2) is 9.50 Å². The van der Waals surface area contributed by atoms with Gasteiger partial charge in [-0.2, -0.15) is 5.10 Å². The Morgan fingerprint density at radius 1 is 0.861 bits per heavy atom. The quantitative estimate of drug-likeness (QED) is 0.338. The van der Waals surface area contributed by atoms with Crippen LogP contribution in [0.15, 0.2) is 91.1 Å². The smallest absolute Gasteiger partial charge is 0.255 e.